The molecule has 0 aromatic heterocycles. The van der Waals surface area contributed by atoms with E-state index in [2.05, 4.69) is 29.3 Å². The molecule has 2 atom stereocenters. The Bertz CT molecular complexity index is 1410. The van der Waals surface area contributed by atoms with Crippen molar-refractivity contribution >= 4 is 27.3 Å². The molecule has 0 spiro atoms. The van der Waals surface area contributed by atoms with Crippen LogP contribution in [0.15, 0.2) is 71.6 Å². The summed E-state index contributed by atoms with van der Waals surface area (Å²) in [5.41, 5.74) is 3.50. The lowest BCUT2D eigenvalue weighted by molar-refractivity contribution is -0.120. The molecule has 0 bridgehead atoms. The van der Waals surface area contributed by atoms with E-state index in [0.717, 1.165) is 28.5 Å². The predicted octanol–water partition coefficient (Wildman–Crippen LogP) is 5.32. The van der Waals surface area contributed by atoms with Gasteiger partial charge in [0.2, 0.25) is 5.91 Å². The minimum absolute atomic E-state index is 0.00538. The molecule has 1 heterocycles. The average molecular weight is 566 g/mol. The van der Waals surface area contributed by atoms with Crippen LogP contribution in [0.25, 0.3) is 0 Å². The van der Waals surface area contributed by atoms with Gasteiger partial charge in [-0.1, -0.05) is 36.8 Å². The quantitative estimate of drug-likeness (QED) is 0.358. The summed E-state index contributed by atoms with van der Waals surface area (Å²) < 4.78 is 39.4. The summed E-state index contributed by atoms with van der Waals surface area (Å²) in [5, 5.41) is 2.97. The molecular weight excluding hydrogens is 526 g/mol. The molecule has 2 unspecified atom stereocenters. The minimum atomic E-state index is -4.11. The number of benzene rings is 3. The number of aryl methyl sites for hydroxylation is 1. The van der Waals surface area contributed by atoms with E-state index in [0.29, 0.717) is 17.4 Å². The Morgan fingerprint density at radius 1 is 1.02 bits per heavy atom. The SMILES string of the molecule is COc1ccc(S(=O)(=O)N(CC(=O)NC(C)c2ccc(N3CCCC(C)C3)cc2)c2ccc(C)cc2)cc1OC. The Morgan fingerprint density at radius 3 is 2.33 bits per heavy atom. The number of hydrogen-bond acceptors (Lipinski definition) is 6. The van der Waals surface area contributed by atoms with Crippen LogP contribution in [0.1, 0.15) is 43.9 Å². The van der Waals surface area contributed by atoms with Crippen molar-refractivity contribution in [3.8, 4) is 11.5 Å². The van der Waals surface area contributed by atoms with Crippen LogP contribution in [-0.2, 0) is 14.8 Å². The second-order valence-electron chi connectivity index (χ2n) is 10.4. The molecule has 1 saturated heterocycles. The predicted molar refractivity (Wildman–Crippen MR) is 159 cm³/mol. The highest BCUT2D eigenvalue weighted by Gasteiger charge is 2.29. The molecule has 0 aliphatic carbocycles. The maximum Gasteiger partial charge on any atom is 0.264 e. The number of carbonyl (C=O) groups is 1. The first-order valence-electron chi connectivity index (χ1n) is 13.6. The monoisotopic (exact) mass is 565 g/mol. The molecule has 3 aromatic carbocycles. The van der Waals surface area contributed by atoms with E-state index >= 15 is 0 Å². The molecule has 3 aromatic rings. The third-order valence-electron chi connectivity index (χ3n) is 7.34. The molecule has 1 amide bonds. The number of nitrogens with one attached hydrogen (secondary N) is 1. The Kier molecular flexibility index (Phi) is 9.25. The van der Waals surface area contributed by atoms with Gasteiger partial charge in [0.25, 0.3) is 10.0 Å². The largest absolute Gasteiger partial charge is 0.493 e. The summed E-state index contributed by atoms with van der Waals surface area (Å²) in [4.78, 5) is 15.7. The summed E-state index contributed by atoms with van der Waals surface area (Å²) in [5.74, 6) is 0.966. The molecule has 40 heavy (non-hydrogen) atoms. The second-order valence-corrected chi connectivity index (χ2v) is 12.3. The molecule has 1 N–H and O–H groups in total. The summed E-state index contributed by atoms with van der Waals surface area (Å²) in [7, 11) is -1.18. The van der Waals surface area contributed by atoms with Gasteiger partial charge in [-0.05, 0) is 74.6 Å². The van der Waals surface area contributed by atoms with Crippen LogP contribution in [0.4, 0.5) is 11.4 Å². The van der Waals surface area contributed by atoms with Crippen molar-refractivity contribution in [2.45, 2.75) is 44.6 Å². The number of rotatable bonds is 10. The lowest BCUT2D eigenvalue weighted by atomic mass is 9.99. The highest BCUT2D eigenvalue weighted by molar-refractivity contribution is 7.92. The van der Waals surface area contributed by atoms with E-state index in [1.807, 2.05) is 38.1 Å². The van der Waals surface area contributed by atoms with Crippen LogP contribution in [0, 0.1) is 12.8 Å². The third-order valence-corrected chi connectivity index (χ3v) is 9.11. The number of nitrogens with zero attached hydrogens (tertiary/aromatic N) is 2. The lowest BCUT2D eigenvalue weighted by Gasteiger charge is -2.33. The number of hydrogen-bond donors (Lipinski definition) is 1. The number of amides is 1. The van der Waals surface area contributed by atoms with Gasteiger partial charge in [-0.3, -0.25) is 9.10 Å². The molecule has 0 saturated carbocycles. The zero-order valence-corrected chi connectivity index (χ0v) is 24.7. The maximum atomic E-state index is 13.8. The van der Waals surface area contributed by atoms with Gasteiger partial charge in [0, 0.05) is 24.8 Å². The van der Waals surface area contributed by atoms with Crippen LogP contribution in [0.2, 0.25) is 0 Å². The zero-order chi connectivity index (χ0) is 28.9. The van der Waals surface area contributed by atoms with E-state index in [1.165, 1.54) is 50.9 Å². The molecule has 9 heteroatoms. The van der Waals surface area contributed by atoms with Gasteiger partial charge < -0.3 is 19.7 Å². The summed E-state index contributed by atoms with van der Waals surface area (Å²) in [6.07, 6.45) is 2.46. The molecular formula is C31H39N3O5S. The van der Waals surface area contributed by atoms with Gasteiger partial charge in [-0.2, -0.15) is 0 Å². The average Bonchev–Trinajstić information content (AvgIpc) is 2.96. The third kappa shape index (κ3) is 6.70. The van der Waals surface area contributed by atoms with Gasteiger partial charge in [0.1, 0.15) is 6.54 Å². The van der Waals surface area contributed by atoms with Gasteiger partial charge in [-0.25, -0.2) is 8.42 Å². The highest BCUT2D eigenvalue weighted by Crippen LogP contribution is 2.32. The Balaban J connectivity index is 1.53. The molecule has 1 aliphatic heterocycles. The fraction of sp³-hybridized carbons (Fsp3) is 0.387. The van der Waals surface area contributed by atoms with Crippen molar-refractivity contribution in [3.05, 3.63) is 77.9 Å². The first kappa shape index (κ1) is 29.3. The van der Waals surface area contributed by atoms with E-state index in [1.54, 1.807) is 12.1 Å². The van der Waals surface area contributed by atoms with Crippen molar-refractivity contribution < 1.29 is 22.7 Å². The van der Waals surface area contributed by atoms with Crippen molar-refractivity contribution in [1.82, 2.24) is 5.32 Å². The topological polar surface area (TPSA) is 88.2 Å². The summed E-state index contributed by atoms with van der Waals surface area (Å²) >= 11 is 0. The molecule has 8 nitrogen and oxygen atoms in total. The van der Waals surface area contributed by atoms with Crippen molar-refractivity contribution in [3.63, 3.8) is 0 Å². The smallest absolute Gasteiger partial charge is 0.264 e. The van der Waals surface area contributed by atoms with Crippen LogP contribution in [-0.4, -0.2) is 48.2 Å². The molecule has 4 rings (SSSR count). The minimum Gasteiger partial charge on any atom is -0.493 e. The molecule has 214 valence electrons. The van der Waals surface area contributed by atoms with Crippen molar-refractivity contribution in [1.29, 1.82) is 0 Å². The first-order valence-corrected chi connectivity index (χ1v) is 15.0. The number of anilines is 2. The first-order chi connectivity index (χ1) is 19.1. The Labute approximate surface area is 238 Å². The van der Waals surface area contributed by atoms with Gasteiger partial charge in [0.15, 0.2) is 11.5 Å². The molecule has 1 aliphatic rings. The fourth-order valence-corrected chi connectivity index (χ4v) is 6.47. The Hall–Kier alpha value is -3.72. The fourth-order valence-electron chi connectivity index (χ4n) is 5.03. The number of sulfonamides is 1. The van der Waals surface area contributed by atoms with Crippen LogP contribution in [0.5, 0.6) is 11.5 Å². The van der Waals surface area contributed by atoms with Crippen molar-refractivity contribution in [2.24, 2.45) is 5.92 Å². The Morgan fingerprint density at radius 2 is 1.70 bits per heavy atom. The van der Waals surface area contributed by atoms with E-state index in [-0.39, 0.29) is 23.2 Å². The van der Waals surface area contributed by atoms with E-state index < -0.39 is 15.9 Å². The van der Waals surface area contributed by atoms with Crippen LogP contribution in [0.3, 0.4) is 0 Å². The van der Waals surface area contributed by atoms with Crippen LogP contribution >= 0.6 is 0 Å². The normalized spacial score (nSPS) is 16.2. The van der Waals surface area contributed by atoms with E-state index in [9.17, 15) is 13.2 Å². The lowest BCUT2D eigenvalue weighted by Crippen LogP contribution is -2.41. The number of methoxy groups -OCH3 is 2. The van der Waals surface area contributed by atoms with Crippen LogP contribution < -0.4 is 24.0 Å². The maximum absolute atomic E-state index is 13.8. The molecule has 0 radical (unpaired) electrons. The van der Waals surface area contributed by atoms with Gasteiger partial charge >= 0.3 is 0 Å². The van der Waals surface area contributed by atoms with Gasteiger partial charge in [-0.15, -0.1) is 0 Å². The molecule has 1 fully saturated rings. The highest BCUT2D eigenvalue weighted by atomic mass is 32.2. The summed E-state index contributed by atoms with van der Waals surface area (Å²) in [6, 6.07) is 19.4. The second kappa shape index (κ2) is 12.6. The van der Waals surface area contributed by atoms with Crippen molar-refractivity contribution in [2.75, 3.05) is 43.1 Å². The standard InChI is InChI=1S/C31H39N3O5S/c1-22-8-12-27(13-9-22)34(40(36,37)28-16-17-29(38-4)30(19-28)39-5)21-31(35)32-24(3)25-10-14-26(15-11-25)33-18-6-7-23(2)20-33/h8-17,19,23-24H,6-7,18,20-21H2,1-5H3,(H,32,35). The number of ether oxygens (including phenoxy) is 2. The number of carbonyl (C=O) groups excluding carboxylic acids is 1. The summed E-state index contributed by atoms with van der Waals surface area (Å²) in [6.45, 7) is 7.82. The van der Waals surface area contributed by atoms with Gasteiger partial charge in [0.05, 0.1) is 30.8 Å². The van der Waals surface area contributed by atoms with E-state index in [4.69, 9.17) is 9.47 Å². The number of piperidine rings is 1. The zero-order valence-electron chi connectivity index (χ0n) is 23.9.